The lowest BCUT2D eigenvalue weighted by Gasteiger charge is -2.26. The summed E-state index contributed by atoms with van der Waals surface area (Å²) in [4.78, 5) is 0. The SMILES string of the molecule is COc1c(O)cc(Cl)c(F)c1C1CCCCN1. The molecule has 1 aromatic rings. The number of aromatic hydroxyl groups is 1. The monoisotopic (exact) mass is 259 g/mol. The Balaban J connectivity index is 2.48. The molecule has 5 heteroatoms. The molecule has 0 amide bonds. The maximum Gasteiger partial charge on any atom is 0.168 e. The van der Waals surface area contributed by atoms with E-state index in [1.54, 1.807) is 0 Å². The molecular weight excluding hydrogens is 245 g/mol. The largest absolute Gasteiger partial charge is 0.504 e. The maximum absolute atomic E-state index is 14.1. The van der Waals surface area contributed by atoms with Crippen LogP contribution in [0, 0.1) is 5.82 Å². The molecule has 1 aliphatic heterocycles. The quantitative estimate of drug-likeness (QED) is 0.858. The van der Waals surface area contributed by atoms with E-state index in [0.29, 0.717) is 5.56 Å². The smallest absolute Gasteiger partial charge is 0.168 e. The van der Waals surface area contributed by atoms with E-state index in [9.17, 15) is 9.50 Å². The number of methoxy groups -OCH3 is 1. The van der Waals surface area contributed by atoms with Gasteiger partial charge in [0.15, 0.2) is 17.3 Å². The van der Waals surface area contributed by atoms with Crippen molar-refractivity contribution in [3.05, 3.63) is 22.5 Å². The van der Waals surface area contributed by atoms with Gasteiger partial charge in [-0.2, -0.15) is 0 Å². The van der Waals surface area contributed by atoms with Crippen molar-refractivity contribution in [2.45, 2.75) is 25.3 Å². The first-order valence-corrected chi connectivity index (χ1v) is 6.01. The van der Waals surface area contributed by atoms with Crippen LogP contribution < -0.4 is 10.1 Å². The summed E-state index contributed by atoms with van der Waals surface area (Å²) in [6.45, 7) is 0.834. The second-order valence-electron chi connectivity index (χ2n) is 4.14. The Labute approximate surface area is 105 Å². The third-order valence-corrected chi connectivity index (χ3v) is 3.32. The van der Waals surface area contributed by atoms with Crippen molar-refractivity contribution >= 4 is 11.6 Å². The molecule has 0 bridgehead atoms. The molecule has 0 aromatic heterocycles. The summed E-state index contributed by atoms with van der Waals surface area (Å²) in [5.74, 6) is -0.465. The van der Waals surface area contributed by atoms with Crippen molar-refractivity contribution in [1.82, 2.24) is 5.32 Å². The second kappa shape index (κ2) is 5.10. The highest BCUT2D eigenvalue weighted by Gasteiger charge is 2.26. The minimum atomic E-state index is -0.513. The van der Waals surface area contributed by atoms with Crippen molar-refractivity contribution in [1.29, 1.82) is 0 Å². The lowest BCUT2D eigenvalue weighted by molar-refractivity contribution is 0.340. The first-order valence-electron chi connectivity index (χ1n) is 5.63. The Morgan fingerprint density at radius 3 is 2.88 bits per heavy atom. The molecule has 94 valence electrons. The number of ether oxygens (including phenoxy) is 1. The molecule has 1 heterocycles. The standard InChI is InChI=1S/C12H15ClFNO2/c1-17-12-9(16)6-7(13)11(14)10(12)8-4-2-3-5-15-8/h6,8,15-16H,2-5H2,1H3. The normalized spacial score (nSPS) is 20.3. The second-order valence-corrected chi connectivity index (χ2v) is 4.55. The van der Waals surface area contributed by atoms with Gasteiger partial charge in [0.2, 0.25) is 0 Å². The van der Waals surface area contributed by atoms with Crippen molar-refractivity contribution in [2.75, 3.05) is 13.7 Å². The zero-order chi connectivity index (χ0) is 12.4. The van der Waals surface area contributed by atoms with Gasteiger partial charge in [0.1, 0.15) is 0 Å². The van der Waals surface area contributed by atoms with Crippen LogP contribution in [-0.2, 0) is 0 Å². The number of phenolic OH excluding ortho intramolecular Hbond substituents is 1. The molecule has 1 aromatic carbocycles. The summed E-state index contributed by atoms with van der Waals surface area (Å²) in [6.07, 6.45) is 2.91. The molecular formula is C12H15ClFNO2. The van der Waals surface area contributed by atoms with Gasteiger partial charge < -0.3 is 15.2 Å². The summed E-state index contributed by atoms with van der Waals surface area (Å²) >= 11 is 5.75. The Morgan fingerprint density at radius 2 is 2.29 bits per heavy atom. The van der Waals surface area contributed by atoms with Crippen molar-refractivity contribution in [2.24, 2.45) is 0 Å². The van der Waals surface area contributed by atoms with Crippen LogP contribution >= 0.6 is 11.6 Å². The lowest BCUT2D eigenvalue weighted by atomic mass is 9.96. The molecule has 3 nitrogen and oxygen atoms in total. The van der Waals surface area contributed by atoms with Crippen LogP contribution in [0.15, 0.2) is 6.07 Å². The topological polar surface area (TPSA) is 41.5 Å². The average Bonchev–Trinajstić information content (AvgIpc) is 2.34. The summed E-state index contributed by atoms with van der Waals surface area (Å²) < 4.78 is 19.1. The molecule has 17 heavy (non-hydrogen) atoms. The van der Waals surface area contributed by atoms with Crippen molar-refractivity contribution in [3.8, 4) is 11.5 Å². The van der Waals surface area contributed by atoms with Gasteiger partial charge in [-0.15, -0.1) is 0 Å². The third kappa shape index (κ3) is 2.33. The summed E-state index contributed by atoms with van der Waals surface area (Å²) in [6, 6.07) is 1.02. The zero-order valence-corrected chi connectivity index (χ0v) is 10.4. The van der Waals surface area contributed by atoms with E-state index < -0.39 is 5.82 Å². The number of hydrogen-bond donors (Lipinski definition) is 2. The van der Waals surface area contributed by atoms with Gasteiger partial charge in [-0.3, -0.25) is 0 Å². The Morgan fingerprint density at radius 1 is 1.53 bits per heavy atom. The van der Waals surface area contributed by atoms with E-state index in [1.165, 1.54) is 13.2 Å². The molecule has 0 saturated carbocycles. The molecule has 0 radical (unpaired) electrons. The molecule has 2 rings (SSSR count). The minimum Gasteiger partial charge on any atom is -0.504 e. The predicted octanol–water partition coefficient (Wildman–Crippen LogP) is 3.01. The van der Waals surface area contributed by atoms with E-state index in [-0.39, 0.29) is 22.6 Å². The molecule has 1 saturated heterocycles. The first-order chi connectivity index (χ1) is 8.15. The average molecular weight is 260 g/mol. The van der Waals surface area contributed by atoms with Crippen LogP contribution in [0.3, 0.4) is 0 Å². The fourth-order valence-corrected chi connectivity index (χ4v) is 2.44. The number of nitrogens with one attached hydrogen (secondary N) is 1. The number of benzene rings is 1. The van der Waals surface area contributed by atoms with Crippen molar-refractivity contribution in [3.63, 3.8) is 0 Å². The number of halogens is 2. The lowest BCUT2D eigenvalue weighted by Crippen LogP contribution is -2.28. The first kappa shape index (κ1) is 12.5. The third-order valence-electron chi connectivity index (χ3n) is 3.05. The summed E-state index contributed by atoms with van der Waals surface area (Å²) in [5.41, 5.74) is 0.331. The van der Waals surface area contributed by atoms with E-state index in [2.05, 4.69) is 5.32 Å². The molecule has 1 fully saturated rings. The van der Waals surface area contributed by atoms with Crippen LogP contribution in [0.25, 0.3) is 0 Å². The fraction of sp³-hybridized carbons (Fsp3) is 0.500. The Kier molecular flexibility index (Phi) is 3.74. The van der Waals surface area contributed by atoms with Gasteiger partial charge in [0.25, 0.3) is 0 Å². The Bertz CT molecular complexity index is 419. The van der Waals surface area contributed by atoms with Crippen LogP contribution in [0.2, 0.25) is 5.02 Å². The van der Waals surface area contributed by atoms with Gasteiger partial charge in [0.05, 0.1) is 17.7 Å². The predicted molar refractivity (Wildman–Crippen MR) is 64.2 cm³/mol. The van der Waals surface area contributed by atoms with Crippen LogP contribution in [0.5, 0.6) is 11.5 Å². The highest BCUT2D eigenvalue weighted by molar-refractivity contribution is 6.31. The number of hydrogen-bond acceptors (Lipinski definition) is 3. The van der Waals surface area contributed by atoms with Crippen LogP contribution in [0.1, 0.15) is 30.9 Å². The molecule has 2 N–H and O–H groups in total. The number of piperidine rings is 1. The zero-order valence-electron chi connectivity index (χ0n) is 9.59. The van der Waals surface area contributed by atoms with Gasteiger partial charge in [0, 0.05) is 12.1 Å². The Hall–Kier alpha value is -1.00. The van der Waals surface area contributed by atoms with E-state index in [1.807, 2.05) is 0 Å². The number of rotatable bonds is 2. The molecule has 1 aliphatic rings. The maximum atomic E-state index is 14.1. The van der Waals surface area contributed by atoms with Gasteiger partial charge >= 0.3 is 0 Å². The highest BCUT2D eigenvalue weighted by atomic mass is 35.5. The van der Waals surface area contributed by atoms with Gasteiger partial charge in [-0.05, 0) is 19.4 Å². The van der Waals surface area contributed by atoms with Crippen molar-refractivity contribution < 1.29 is 14.2 Å². The summed E-state index contributed by atoms with van der Waals surface area (Å²) in [7, 11) is 1.41. The van der Waals surface area contributed by atoms with Gasteiger partial charge in [-0.25, -0.2) is 4.39 Å². The fourth-order valence-electron chi connectivity index (χ4n) is 2.24. The summed E-state index contributed by atoms with van der Waals surface area (Å²) in [5, 5.41) is 12.9. The van der Waals surface area contributed by atoms with E-state index >= 15 is 0 Å². The molecule has 0 aliphatic carbocycles. The minimum absolute atomic E-state index is 0.0781. The van der Waals surface area contributed by atoms with Crippen LogP contribution in [-0.4, -0.2) is 18.8 Å². The van der Waals surface area contributed by atoms with Gasteiger partial charge in [-0.1, -0.05) is 18.0 Å². The van der Waals surface area contributed by atoms with E-state index in [4.69, 9.17) is 16.3 Å². The molecule has 0 spiro atoms. The van der Waals surface area contributed by atoms with Crippen LogP contribution in [0.4, 0.5) is 4.39 Å². The van der Waals surface area contributed by atoms with E-state index in [0.717, 1.165) is 25.8 Å². The molecule has 1 atom stereocenters. The number of phenols is 1. The molecule has 1 unspecified atom stereocenters. The highest BCUT2D eigenvalue weighted by Crippen LogP contribution is 2.41.